The van der Waals surface area contributed by atoms with E-state index in [0.717, 1.165) is 0 Å². The van der Waals surface area contributed by atoms with Gasteiger partial charge in [-0.1, -0.05) is 23.7 Å². The Balaban J connectivity index is 2.14. The van der Waals surface area contributed by atoms with Crippen LogP contribution in [0.2, 0.25) is 5.02 Å². The zero-order valence-electron chi connectivity index (χ0n) is 8.96. The predicted molar refractivity (Wildman–Crippen MR) is 67.6 cm³/mol. The minimum atomic E-state index is -1.07. The topological polar surface area (TPSA) is 22.1 Å². The van der Waals surface area contributed by atoms with Crippen LogP contribution in [0.3, 0.4) is 0 Å². The molecule has 2 nitrogen and oxygen atoms in total. The number of halogens is 4. The van der Waals surface area contributed by atoms with Crippen molar-refractivity contribution in [1.29, 1.82) is 0 Å². The van der Waals surface area contributed by atoms with Crippen LogP contribution in [-0.2, 0) is 6.61 Å². The summed E-state index contributed by atoms with van der Waals surface area (Å²) >= 11 is 8.63. The predicted octanol–water partition coefficient (Wildman–Crippen LogP) is 4.35. The zero-order chi connectivity index (χ0) is 13.1. The van der Waals surface area contributed by atoms with Crippen molar-refractivity contribution in [2.75, 3.05) is 0 Å². The molecule has 0 saturated carbocycles. The molecule has 18 heavy (non-hydrogen) atoms. The third kappa shape index (κ3) is 2.97. The summed E-state index contributed by atoms with van der Waals surface area (Å²) in [6, 6.07) is 7.74. The first-order valence-electron chi connectivity index (χ1n) is 4.95. The first-order valence-corrected chi connectivity index (χ1v) is 6.13. The molecule has 0 bridgehead atoms. The Kier molecular flexibility index (Phi) is 4.14. The minimum absolute atomic E-state index is 0.0821. The lowest BCUT2D eigenvalue weighted by Crippen LogP contribution is -2.02. The van der Waals surface area contributed by atoms with Crippen molar-refractivity contribution in [3.05, 3.63) is 57.2 Å². The number of aromatic nitrogens is 1. The van der Waals surface area contributed by atoms with Crippen LogP contribution in [0.1, 0.15) is 5.56 Å². The number of hydrogen-bond donors (Lipinski definition) is 0. The third-order valence-corrected chi connectivity index (χ3v) is 2.91. The summed E-state index contributed by atoms with van der Waals surface area (Å²) in [6.07, 6.45) is 0. The number of rotatable bonds is 3. The normalized spacial score (nSPS) is 10.4. The number of ether oxygens (including phenoxy) is 1. The van der Waals surface area contributed by atoms with Crippen molar-refractivity contribution >= 4 is 27.5 Å². The van der Waals surface area contributed by atoms with E-state index in [9.17, 15) is 8.78 Å². The minimum Gasteiger partial charge on any atom is -0.473 e. The Bertz CT molecular complexity index is 580. The van der Waals surface area contributed by atoms with Crippen LogP contribution in [0.5, 0.6) is 5.88 Å². The van der Waals surface area contributed by atoms with Crippen LogP contribution in [0, 0.1) is 11.6 Å². The Labute approximate surface area is 116 Å². The Hall–Kier alpha value is -1.20. The van der Waals surface area contributed by atoms with E-state index in [1.54, 1.807) is 18.2 Å². The maximum Gasteiger partial charge on any atom is 0.214 e. The lowest BCUT2D eigenvalue weighted by molar-refractivity contribution is 0.285. The lowest BCUT2D eigenvalue weighted by atomic mass is 10.2. The van der Waals surface area contributed by atoms with Gasteiger partial charge in [0.15, 0.2) is 11.6 Å². The summed E-state index contributed by atoms with van der Waals surface area (Å²) in [6.45, 7) is -0.122. The molecule has 0 fully saturated rings. The molecule has 94 valence electrons. The van der Waals surface area contributed by atoms with Crippen molar-refractivity contribution in [3.8, 4) is 5.88 Å². The Morgan fingerprint density at radius 2 is 1.94 bits per heavy atom. The highest BCUT2D eigenvalue weighted by atomic mass is 79.9. The van der Waals surface area contributed by atoms with Crippen LogP contribution in [-0.4, -0.2) is 4.98 Å². The highest BCUT2D eigenvalue weighted by Gasteiger charge is 2.12. The van der Waals surface area contributed by atoms with Gasteiger partial charge in [0.05, 0.1) is 5.02 Å². The summed E-state index contributed by atoms with van der Waals surface area (Å²) < 4.78 is 32.5. The van der Waals surface area contributed by atoms with Gasteiger partial charge in [0, 0.05) is 11.6 Å². The quantitative estimate of drug-likeness (QED) is 0.615. The van der Waals surface area contributed by atoms with Crippen LogP contribution in [0.25, 0.3) is 0 Å². The molecule has 0 unspecified atom stereocenters. The second-order valence-electron chi connectivity index (χ2n) is 3.42. The van der Waals surface area contributed by atoms with Gasteiger partial charge in [-0.15, -0.1) is 0 Å². The maximum absolute atomic E-state index is 13.5. The molecule has 0 radical (unpaired) electrons. The summed E-state index contributed by atoms with van der Waals surface area (Å²) in [5, 5.41) is -0.253. The third-order valence-electron chi connectivity index (χ3n) is 2.18. The standard InChI is InChI=1S/C12H7BrClF2NO/c13-9-2-1-3-10(17-9)18-6-7-4-5-8(14)12(16)11(7)15/h1-5H,6H2. The van der Waals surface area contributed by atoms with E-state index in [1.807, 2.05) is 0 Å². The average Bonchev–Trinajstić information content (AvgIpc) is 2.35. The average molecular weight is 335 g/mol. The highest BCUT2D eigenvalue weighted by molar-refractivity contribution is 9.10. The fourth-order valence-corrected chi connectivity index (χ4v) is 1.77. The number of hydrogen-bond acceptors (Lipinski definition) is 2. The van der Waals surface area contributed by atoms with Crippen LogP contribution >= 0.6 is 27.5 Å². The molecule has 6 heteroatoms. The first kappa shape index (κ1) is 13.2. The molecule has 0 N–H and O–H groups in total. The molecule has 0 aliphatic carbocycles. The van der Waals surface area contributed by atoms with Gasteiger partial charge in [0.1, 0.15) is 11.2 Å². The van der Waals surface area contributed by atoms with Gasteiger partial charge in [-0.2, -0.15) is 0 Å². The van der Waals surface area contributed by atoms with Gasteiger partial charge in [-0.3, -0.25) is 0 Å². The molecule has 2 aromatic rings. The largest absolute Gasteiger partial charge is 0.473 e. The molecule has 1 heterocycles. The van der Waals surface area contributed by atoms with Gasteiger partial charge in [0.25, 0.3) is 0 Å². The van der Waals surface area contributed by atoms with Gasteiger partial charge in [-0.05, 0) is 28.1 Å². The fourth-order valence-electron chi connectivity index (χ4n) is 1.30. The van der Waals surface area contributed by atoms with Gasteiger partial charge >= 0.3 is 0 Å². The first-order chi connectivity index (χ1) is 8.58. The van der Waals surface area contributed by atoms with Crippen molar-refractivity contribution < 1.29 is 13.5 Å². The van der Waals surface area contributed by atoms with Crippen molar-refractivity contribution in [1.82, 2.24) is 4.98 Å². The zero-order valence-corrected chi connectivity index (χ0v) is 11.3. The Morgan fingerprint density at radius 1 is 1.17 bits per heavy atom. The molecule has 0 aliphatic heterocycles. The van der Waals surface area contributed by atoms with Crippen LogP contribution < -0.4 is 4.74 Å². The summed E-state index contributed by atoms with van der Waals surface area (Å²) in [4.78, 5) is 4.01. The van der Waals surface area contributed by atoms with Crippen LogP contribution in [0.4, 0.5) is 8.78 Å². The molecular weight excluding hydrogens is 327 g/mol. The molecule has 0 amide bonds. The van der Waals surface area contributed by atoms with Crippen molar-refractivity contribution in [2.24, 2.45) is 0 Å². The second kappa shape index (κ2) is 5.63. The molecule has 0 aliphatic rings. The molecule has 0 atom stereocenters. The fraction of sp³-hybridized carbons (Fsp3) is 0.0833. The maximum atomic E-state index is 13.5. The molecular formula is C12H7BrClF2NO. The van der Waals surface area contributed by atoms with E-state index in [4.69, 9.17) is 16.3 Å². The molecule has 0 spiro atoms. The van der Waals surface area contributed by atoms with Gasteiger partial charge < -0.3 is 4.74 Å². The second-order valence-corrected chi connectivity index (χ2v) is 4.64. The smallest absolute Gasteiger partial charge is 0.214 e. The Morgan fingerprint density at radius 3 is 2.67 bits per heavy atom. The SMILES string of the molecule is Fc1c(Cl)ccc(COc2cccc(Br)n2)c1F. The van der Waals surface area contributed by atoms with Gasteiger partial charge in [-0.25, -0.2) is 13.8 Å². The number of nitrogens with zero attached hydrogens (tertiary/aromatic N) is 1. The molecule has 2 rings (SSSR count). The van der Waals surface area contributed by atoms with Crippen molar-refractivity contribution in [3.63, 3.8) is 0 Å². The highest BCUT2D eigenvalue weighted by Crippen LogP contribution is 2.21. The summed E-state index contributed by atoms with van der Waals surface area (Å²) in [5.41, 5.74) is 0.0821. The van der Waals surface area contributed by atoms with E-state index < -0.39 is 11.6 Å². The lowest BCUT2D eigenvalue weighted by Gasteiger charge is -2.07. The van der Waals surface area contributed by atoms with E-state index in [0.29, 0.717) is 10.5 Å². The van der Waals surface area contributed by atoms with Gasteiger partial charge in [0.2, 0.25) is 5.88 Å². The van der Waals surface area contributed by atoms with E-state index in [1.165, 1.54) is 12.1 Å². The van der Waals surface area contributed by atoms with E-state index in [2.05, 4.69) is 20.9 Å². The molecule has 1 aromatic carbocycles. The monoisotopic (exact) mass is 333 g/mol. The van der Waals surface area contributed by atoms with E-state index in [-0.39, 0.29) is 17.2 Å². The summed E-state index contributed by atoms with van der Waals surface area (Å²) in [5.74, 6) is -1.75. The molecule has 0 saturated heterocycles. The molecule has 1 aromatic heterocycles. The summed E-state index contributed by atoms with van der Waals surface area (Å²) in [7, 11) is 0. The van der Waals surface area contributed by atoms with E-state index >= 15 is 0 Å². The number of benzene rings is 1. The van der Waals surface area contributed by atoms with Crippen LogP contribution in [0.15, 0.2) is 34.9 Å². The van der Waals surface area contributed by atoms with Crippen molar-refractivity contribution in [2.45, 2.75) is 6.61 Å². The number of pyridine rings is 1.